The highest BCUT2D eigenvalue weighted by Crippen LogP contribution is 2.59. The molecule has 1 N–H and O–H groups in total. The number of hydrogen-bond donors (Lipinski definition) is 1. The van der Waals surface area contributed by atoms with Gasteiger partial charge in [0.15, 0.2) is 0 Å². The lowest BCUT2D eigenvalue weighted by Gasteiger charge is -2.46. The number of aliphatic hydroxyl groups excluding tert-OH is 1. The quantitative estimate of drug-likeness (QED) is 0.304. The van der Waals surface area contributed by atoms with Crippen molar-refractivity contribution < 1.29 is 29.0 Å². The molecule has 3 rings (SSSR count). The fraction of sp³-hybridized carbons (Fsp3) is 0.767. The molecule has 0 radical (unpaired) electrons. The molecule has 8 nitrogen and oxygen atoms in total. The summed E-state index contributed by atoms with van der Waals surface area (Å²) in [6, 6.07) is -1.52. The molecule has 0 aliphatic carbocycles. The third-order valence-electron chi connectivity index (χ3n) is 8.21. The first kappa shape index (κ1) is 30.4. The zero-order chi connectivity index (χ0) is 28.6. The van der Waals surface area contributed by atoms with Gasteiger partial charge in [-0.05, 0) is 50.9 Å². The highest BCUT2D eigenvalue weighted by atomic mass is 16.6. The average Bonchev–Trinajstić information content (AvgIpc) is 3.44. The Morgan fingerprint density at radius 2 is 1.89 bits per heavy atom. The smallest absolute Gasteiger partial charge is 0.312 e. The Kier molecular flexibility index (Phi) is 8.89. The van der Waals surface area contributed by atoms with Crippen LogP contribution in [0.1, 0.15) is 74.1 Å². The largest absolute Gasteiger partial charge is 0.461 e. The van der Waals surface area contributed by atoms with E-state index in [-0.39, 0.29) is 36.4 Å². The van der Waals surface area contributed by atoms with Crippen LogP contribution in [0.3, 0.4) is 0 Å². The van der Waals surface area contributed by atoms with Crippen LogP contribution in [-0.2, 0) is 23.9 Å². The number of ether oxygens (including phenoxy) is 2. The maximum absolute atomic E-state index is 14.7. The number of esters is 1. The fourth-order valence-corrected chi connectivity index (χ4v) is 7.39. The number of nitrogens with zero attached hydrogens (tertiary/aromatic N) is 2. The van der Waals surface area contributed by atoms with Crippen molar-refractivity contribution in [2.75, 3.05) is 19.8 Å². The second-order valence-electron chi connectivity index (χ2n) is 13.5. The van der Waals surface area contributed by atoms with Crippen LogP contribution in [-0.4, -0.2) is 81.8 Å². The van der Waals surface area contributed by atoms with Crippen molar-refractivity contribution in [2.24, 2.45) is 23.2 Å². The van der Waals surface area contributed by atoms with Gasteiger partial charge in [0.25, 0.3) is 0 Å². The number of rotatable bonds is 12. The number of fused-ring (bicyclic) bond motifs is 1. The molecule has 2 bridgehead atoms. The molecule has 38 heavy (non-hydrogen) atoms. The van der Waals surface area contributed by atoms with E-state index < -0.39 is 47.1 Å². The number of aliphatic hydroxyl groups is 1. The summed E-state index contributed by atoms with van der Waals surface area (Å²) in [4.78, 5) is 45.4. The van der Waals surface area contributed by atoms with E-state index in [1.807, 2.05) is 27.7 Å². The molecule has 214 valence electrons. The molecule has 2 unspecified atom stereocenters. The molecule has 1 spiro atoms. The molecule has 0 aromatic carbocycles. The average molecular weight is 533 g/mol. The highest BCUT2D eigenvalue weighted by Gasteiger charge is 2.75. The first-order chi connectivity index (χ1) is 17.6. The zero-order valence-corrected chi connectivity index (χ0v) is 24.4. The van der Waals surface area contributed by atoms with Gasteiger partial charge in [0.1, 0.15) is 18.2 Å². The predicted octanol–water partition coefficient (Wildman–Crippen LogP) is 3.73. The van der Waals surface area contributed by atoms with E-state index in [0.29, 0.717) is 25.8 Å². The lowest BCUT2D eigenvalue weighted by atomic mass is 9.70. The minimum Gasteiger partial charge on any atom is -0.461 e. The van der Waals surface area contributed by atoms with Crippen LogP contribution < -0.4 is 0 Å². The third-order valence-corrected chi connectivity index (χ3v) is 8.21. The van der Waals surface area contributed by atoms with Gasteiger partial charge in [-0.15, -0.1) is 6.58 Å². The molecule has 3 heterocycles. The lowest BCUT2D eigenvalue weighted by Crippen LogP contribution is -2.62. The van der Waals surface area contributed by atoms with Gasteiger partial charge in [0.2, 0.25) is 11.8 Å². The van der Waals surface area contributed by atoms with Crippen molar-refractivity contribution in [1.29, 1.82) is 0 Å². The van der Waals surface area contributed by atoms with Crippen molar-refractivity contribution in [3.05, 3.63) is 25.3 Å². The van der Waals surface area contributed by atoms with E-state index in [1.165, 1.54) is 6.08 Å². The standard InChI is InChI=1S/C30H48N2O6/c1-10-14-31(29(8,9)18-28(5,6)7)26(35)24-30-13-12-21(38-30)22(27(36)37-15-11-2)23(30)25(34)32(24)20(17-33)16-19(3)4/h10-11,19-24,33H,1-2,12-18H2,3-9H3/t20-,21+,22-,23+,24?,30?/m1/s1. The van der Waals surface area contributed by atoms with Crippen LogP contribution in [0.15, 0.2) is 25.3 Å². The molecule has 0 aromatic heterocycles. The van der Waals surface area contributed by atoms with Crippen molar-refractivity contribution in [2.45, 2.75) is 103 Å². The summed E-state index contributed by atoms with van der Waals surface area (Å²) in [6.07, 6.45) is 5.03. The van der Waals surface area contributed by atoms with Gasteiger partial charge >= 0.3 is 5.97 Å². The predicted molar refractivity (Wildman–Crippen MR) is 146 cm³/mol. The normalized spacial score (nSPS) is 29.4. The maximum atomic E-state index is 14.7. The molecule has 3 saturated heterocycles. The van der Waals surface area contributed by atoms with Crippen molar-refractivity contribution in [3.8, 4) is 0 Å². The summed E-state index contributed by atoms with van der Waals surface area (Å²) in [5, 5.41) is 10.5. The second kappa shape index (κ2) is 11.1. The summed E-state index contributed by atoms with van der Waals surface area (Å²) in [5.41, 5.74) is -1.74. The highest BCUT2D eigenvalue weighted by molar-refractivity contribution is 5.98. The maximum Gasteiger partial charge on any atom is 0.312 e. The minimum atomic E-state index is -1.14. The molecule has 0 saturated carbocycles. The Hall–Kier alpha value is -2.19. The molecule has 8 heteroatoms. The molecule has 3 aliphatic rings. The summed E-state index contributed by atoms with van der Waals surface area (Å²) < 4.78 is 11.9. The van der Waals surface area contributed by atoms with Crippen LogP contribution in [0, 0.1) is 23.2 Å². The van der Waals surface area contributed by atoms with Crippen LogP contribution in [0.25, 0.3) is 0 Å². The van der Waals surface area contributed by atoms with E-state index in [1.54, 1.807) is 15.9 Å². The number of hydrogen-bond acceptors (Lipinski definition) is 6. The summed E-state index contributed by atoms with van der Waals surface area (Å²) in [5.74, 6) is -2.46. The van der Waals surface area contributed by atoms with E-state index in [0.717, 1.165) is 6.42 Å². The van der Waals surface area contributed by atoms with E-state index in [9.17, 15) is 19.5 Å². The second-order valence-corrected chi connectivity index (χ2v) is 13.5. The third kappa shape index (κ3) is 5.44. The van der Waals surface area contributed by atoms with Gasteiger partial charge in [-0.2, -0.15) is 0 Å². The Labute approximate surface area is 228 Å². The van der Waals surface area contributed by atoms with Gasteiger partial charge in [0, 0.05) is 12.1 Å². The summed E-state index contributed by atoms with van der Waals surface area (Å²) >= 11 is 0. The summed E-state index contributed by atoms with van der Waals surface area (Å²) in [7, 11) is 0. The first-order valence-corrected chi connectivity index (χ1v) is 14.0. The number of carbonyl (C=O) groups excluding carboxylic acids is 3. The summed E-state index contributed by atoms with van der Waals surface area (Å²) in [6.45, 7) is 22.1. The first-order valence-electron chi connectivity index (χ1n) is 14.0. The fourth-order valence-electron chi connectivity index (χ4n) is 7.39. The molecule has 0 aromatic rings. The zero-order valence-electron chi connectivity index (χ0n) is 24.4. The molecule has 2 amide bonds. The van der Waals surface area contributed by atoms with E-state index >= 15 is 0 Å². The Morgan fingerprint density at radius 3 is 2.42 bits per heavy atom. The number of amides is 2. The van der Waals surface area contributed by atoms with Crippen LogP contribution in [0.4, 0.5) is 0 Å². The minimum absolute atomic E-state index is 0.0444. The Bertz CT molecular complexity index is 938. The van der Waals surface area contributed by atoms with Gasteiger partial charge in [0.05, 0.1) is 30.6 Å². The van der Waals surface area contributed by atoms with Crippen molar-refractivity contribution >= 4 is 17.8 Å². The molecule has 3 aliphatic heterocycles. The SMILES string of the molecule is C=CCOC(=O)[C@@H]1[C@@H]2CCC3(O2)C(C(=O)N(CC=C)C(C)(C)CC(C)(C)C)N([C@@H](CO)CC(C)C)C(=O)[C@H]13. The monoisotopic (exact) mass is 532 g/mol. The molecular formula is C30H48N2O6. The Balaban J connectivity index is 2.13. The van der Waals surface area contributed by atoms with Crippen LogP contribution in [0.5, 0.6) is 0 Å². The number of likely N-dealkylation sites (tertiary alicyclic amines) is 1. The van der Waals surface area contributed by atoms with Crippen molar-refractivity contribution in [3.63, 3.8) is 0 Å². The molecule has 3 fully saturated rings. The van der Waals surface area contributed by atoms with Gasteiger partial charge in [-0.3, -0.25) is 14.4 Å². The molecule has 6 atom stereocenters. The van der Waals surface area contributed by atoms with Crippen molar-refractivity contribution in [1.82, 2.24) is 9.80 Å². The van der Waals surface area contributed by atoms with Gasteiger partial charge < -0.3 is 24.4 Å². The van der Waals surface area contributed by atoms with Crippen LogP contribution in [0.2, 0.25) is 0 Å². The van der Waals surface area contributed by atoms with Gasteiger partial charge in [-0.25, -0.2) is 0 Å². The van der Waals surface area contributed by atoms with Crippen LogP contribution >= 0.6 is 0 Å². The topological polar surface area (TPSA) is 96.4 Å². The van der Waals surface area contributed by atoms with Gasteiger partial charge in [-0.1, -0.05) is 53.3 Å². The number of carbonyl (C=O) groups is 3. The van der Waals surface area contributed by atoms with E-state index in [2.05, 4.69) is 33.9 Å². The van der Waals surface area contributed by atoms with E-state index in [4.69, 9.17) is 9.47 Å². The Morgan fingerprint density at radius 1 is 1.24 bits per heavy atom. The lowest BCUT2D eigenvalue weighted by molar-refractivity contribution is -0.157. The molecular weight excluding hydrogens is 484 g/mol.